The predicted molar refractivity (Wildman–Crippen MR) is 88.6 cm³/mol. The van der Waals surface area contributed by atoms with Crippen LogP contribution in [0.4, 0.5) is 5.82 Å². The number of aliphatic imine (C=N–C) groups is 1. The Hall–Kier alpha value is -3.99. The fraction of sp³-hybridized carbons (Fsp3) is 0. The number of aromatic hydroxyl groups is 4. The first-order valence-corrected chi connectivity index (χ1v) is 7.05. The van der Waals surface area contributed by atoms with Crippen molar-refractivity contribution in [1.29, 1.82) is 5.26 Å². The van der Waals surface area contributed by atoms with Crippen LogP contribution in [-0.4, -0.2) is 36.2 Å². The summed E-state index contributed by atoms with van der Waals surface area (Å²) in [6.45, 7) is 0. The largest absolute Gasteiger partial charge is 0.508 e. The maximum absolute atomic E-state index is 9.82. The summed E-state index contributed by atoms with van der Waals surface area (Å²) in [6.07, 6.45) is 2.56. The topological polar surface area (TPSA) is 135 Å². The van der Waals surface area contributed by atoms with Crippen LogP contribution in [0.1, 0.15) is 11.3 Å². The van der Waals surface area contributed by atoms with Gasteiger partial charge in [-0.3, -0.25) is 4.57 Å². The SMILES string of the molecule is N#Cc1ncn(-c2ccc(O)cc2)c1/N=C/c1c(O)cc(O)cc1O. The molecule has 8 nitrogen and oxygen atoms in total. The van der Waals surface area contributed by atoms with E-state index in [1.54, 1.807) is 12.1 Å². The molecule has 3 rings (SSSR count). The highest BCUT2D eigenvalue weighted by Gasteiger charge is 2.13. The van der Waals surface area contributed by atoms with E-state index in [1.165, 1.54) is 29.2 Å². The van der Waals surface area contributed by atoms with Gasteiger partial charge in [0, 0.05) is 24.0 Å². The van der Waals surface area contributed by atoms with E-state index in [2.05, 4.69) is 9.98 Å². The number of rotatable bonds is 3. The second-order valence-electron chi connectivity index (χ2n) is 5.07. The van der Waals surface area contributed by atoms with Crippen LogP contribution in [0, 0.1) is 11.3 Å². The molecule has 4 N–H and O–H groups in total. The minimum Gasteiger partial charge on any atom is -0.508 e. The van der Waals surface area contributed by atoms with Crippen molar-refractivity contribution in [2.24, 2.45) is 4.99 Å². The third kappa shape index (κ3) is 3.07. The van der Waals surface area contributed by atoms with Gasteiger partial charge in [0.2, 0.25) is 0 Å². The number of imidazole rings is 1. The molecule has 1 aromatic heterocycles. The first kappa shape index (κ1) is 15.9. The third-order valence-corrected chi connectivity index (χ3v) is 3.41. The van der Waals surface area contributed by atoms with Gasteiger partial charge < -0.3 is 20.4 Å². The molecule has 0 saturated heterocycles. The zero-order valence-corrected chi connectivity index (χ0v) is 12.7. The molecule has 8 heteroatoms. The number of hydrogen-bond acceptors (Lipinski definition) is 7. The van der Waals surface area contributed by atoms with Gasteiger partial charge in [0.15, 0.2) is 11.5 Å². The van der Waals surface area contributed by atoms with E-state index in [4.69, 9.17) is 0 Å². The number of phenolic OH excluding ortho intramolecular Hbond substituents is 4. The lowest BCUT2D eigenvalue weighted by molar-refractivity contribution is 0.427. The number of hydrogen-bond donors (Lipinski definition) is 4. The smallest absolute Gasteiger partial charge is 0.185 e. The van der Waals surface area contributed by atoms with E-state index in [0.717, 1.165) is 12.1 Å². The molecule has 0 fully saturated rings. The molecule has 0 bridgehead atoms. The van der Waals surface area contributed by atoms with Crippen LogP contribution < -0.4 is 0 Å². The van der Waals surface area contributed by atoms with Crippen LogP contribution in [0.25, 0.3) is 5.69 Å². The van der Waals surface area contributed by atoms with Crippen LogP contribution in [0.3, 0.4) is 0 Å². The maximum atomic E-state index is 9.82. The molecular weight excluding hydrogens is 324 g/mol. The van der Waals surface area contributed by atoms with E-state index in [-0.39, 0.29) is 40.1 Å². The van der Waals surface area contributed by atoms with Gasteiger partial charge in [0.1, 0.15) is 35.4 Å². The first-order chi connectivity index (χ1) is 12.0. The lowest BCUT2D eigenvalue weighted by atomic mass is 10.2. The van der Waals surface area contributed by atoms with Gasteiger partial charge in [-0.25, -0.2) is 9.98 Å². The van der Waals surface area contributed by atoms with Crippen molar-refractivity contribution >= 4 is 12.0 Å². The van der Waals surface area contributed by atoms with Crippen LogP contribution in [0.5, 0.6) is 23.0 Å². The maximum Gasteiger partial charge on any atom is 0.185 e. The molecule has 0 spiro atoms. The van der Waals surface area contributed by atoms with Gasteiger partial charge in [0.25, 0.3) is 0 Å². The number of aromatic nitrogens is 2. The van der Waals surface area contributed by atoms with Crippen molar-refractivity contribution in [3.8, 4) is 34.8 Å². The summed E-state index contributed by atoms with van der Waals surface area (Å²) in [5.41, 5.74) is 0.639. The molecular formula is C17H12N4O4. The molecule has 0 saturated carbocycles. The zero-order chi connectivity index (χ0) is 18.0. The van der Waals surface area contributed by atoms with E-state index < -0.39 is 0 Å². The Balaban J connectivity index is 2.07. The van der Waals surface area contributed by atoms with Crippen molar-refractivity contribution in [3.05, 3.63) is 54.0 Å². The molecule has 124 valence electrons. The van der Waals surface area contributed by atoms with E-state index in [1.807, 2.05) is 6.07 Å². The minimum atomic E-state index is -0.365. The quantitative estimate of drug-likeness (QED) is 0.542. The normalized spacial score (nSPS) is 10.8. The van der Waals surface area contributed by atoms with Gasteiger partial charge in [-0.2, -0.15) is 5.26 Å². The number of nitriles is 1. The number of nitrogens with zero attached hydrogens (tertiary/aromatic N) is 4. The lowest BCUT2D eigenvalue weighted by Crippen LogP contribution is -1.92. The Morgan fingerprint density at radius 3 is 2.24 bits per heavy atom. The summed E-state index contributed by atoms with van der Waals surface area (Å²) in [4.78, 5) is 8.11. The minimum absolute atomic E-state index is 0.0138. The third-order valence-electron chi connectivity index (χ3n) is 3.41. The summed E-state index contributed by atoms with van der Waals surface area (Å²) in [5, 5.41) is 47.5. The molecule has 0 aliphatic carbocycles. The molecule has 0 aliphatic rings. The van der Waals surface area contributed by atoms with E-state index in [9.17, 15) is 25.7 Å². The van der Waals surface area contributed by atoms with Gasteiger partial charge >= 0.3 is 0 Å². The summed E-state index contributed by atoms with van der Waals surface area (Å²) in [6, 6.07) is 10.2. The van der Waals surface area contributed by atoms with Gasteiger partial charge in [-0.15, -0.1) is 0 Å². The summed E-state index contributed by atoms with van der Waals surface area (Å²) >= 11 is 0. The molecule has 0 unspecified atom stereocenters. The molecule has 0 aliphatic heterocycles. The molecule has 3 aromatic rings. The highest BCUT2D eigenvalue weighted by molar-refractivity contribution is 5.89. The van der Waals surface area contributed by atoms with Crippen LogP contribution in [-0.2, 0) is 0 Å². The van der Waals surface area contributed by atoms with Crippen molar-refractivity contribution in [1.82, 2.24) is 9.55 Å². The van der Waals surface area contributed by atoms with Crippen molar-refractivity contribution in [3.63, 3.8) is 0 Å². The molecule has 0 amide bonds. The van der Waals surface area contributed by atoms with E-state index >= 15 is 0 Å². The van der Waals surface area contributed by atoms with E-state index in [0.29, 0.717) is 5.69 Å². The Labute approximate surface area is 141 Å². The molecule has 0 atom stereocenters. The highest BCUT2D eigenvalue weighted by Crippen LogP contribution is 2.31. The number of benzene rings is 2. The van der Waals surface area contributed by atoms with Crippen LogP contribution >= 0.6 is 0 Å². The van der Waals surface area contributed by atoms with Crippen molar-refractivity contribution in [2.45, 2.75) is 0 Å². The second kappa shape index (κ2) is 6.25. The molecule has 1 heterocycles. The predicted octanol–water partition coefficient (Wildman–Crippen LogP) is 2.32. The summed E-state index contributed by atoms with van der Waals surface area (Å²) in [5.74, 6) is -0.752. The fourth-order valence-electron chi connectivity index (χ4n) is 2.21. The Morgan fingerprint density at radius 2 is 1.64 bits per heavy atom. The average Bonchev–Trinajstić information content (AvgIpc) is 2.97. The monoisotopic (exact) mass is 336 g/mol. The molecule has 2 aromatic carbocycles. The standard InChI is InChI=1S/C17H12N4O4/c18-7-14-17(19-8-13-15(24)5-12(23)6-16(13)25)21(9-20-14)10-1-3-11(22)4-2-10/h1-6,8-9,22-25H/b19-8+. The Kier molecular flexibility index (Phi) is 3.97. The lowest BCUT2D eigenvalue weighted by Gasteiger charge is -2.06. The van der Waals surface area contributed by atoms with Crippen LogP contribution in [0.2, 0.25) is 0 Å². The number of phenols is 4. The molecule has 25 heavy (non-hydrogen) atoms. The van der Waals surface area contributed by atoms with Gasteiger partial charge in [-0.05, 0) is 24.3 Å². The fourth-order valence-corrected chi connectivity index (χ4v) is 2.21. The first-order valence-electron chi connectivity index (χ1n) is 7.05. The van der Waals surface area contributed by atoms with Crippen molar-refractivity contribution < 1.29 is 20.4 Å². The van der Waals surface area contributed by atoms with Gasteiger partial charge in [-0.1, -0.05) is 0 Å². The van der Waals surface area contributed by atoms with Crippen LogP contribution in [0.15, 0.2) is 47.7 Å². The zero-order valence-electron chi connectivity index (χ0n) is 12.7. The summed E-state index contributed by atoms with van der Waals surface area (Å²) < 4.78 is 1.52. The second-order valence-corrected chi connectivity index (χ2v) is 5.07. The van der Waals surface area contributed by atoms with Crippen molar-refractivity contribution in [2.75, 3.05) is 0 Å². The summed E-state index contributed by atoms with van der Waals surface area (Å²) in [7, 11) is 0. The Bertz CT molecular complexity index is 977. The molecule has 0 radical (unpaired) electrons. The highest BCUT2D eigenvalue weighted by atomic mass is 16.3. The van der Waals surface area contributed by atoms with Gasteiger partial charge in [0.05, 0.1) is 5.56 Å². The average molecular weight is 336 g/mol. The Morgan fingerprint density at radius 1 is 1.00 bits per heavy atom.